The summed E-state index contributed by atoms with van der Waals surface area (Å²) >= 11 is 0. The van der Waals surface area contributed by atoms with Crippen LogP contribution in [0.4, 0.5) is 0 Å². The highest BCUT2D eigenvalue weighted by atomic mass is 16.4. The van der Waals surface area contributed by atoms with Crippen LogP contribution in [0.1, 0.15) is 140 Å². The number of rotatable bonds is 47. The van der Waals surface area contributed by atoms with E-state index in [0.717, 1.165) is 6.92 Å². The molecule has 0 aliphatic rings. The molecule has 0 saturated heterocycles. The quantitative estimate of drug-likeness (QED) is 0.0164. The molecule has 39 heteroatoms. The number of nitrogens with zero attached hydrogens (tertiary/aromatic N) is 2. The molecule has 0 aromatic carbocycles. The molecule has 13 atom stereocenters. The van der Waals surface area contributed by atoms with Crippen molar-refractivity contribution in [3.05, 3.63) is 18.2 Å². The standard InChI is InChI=1S/C61H103N19O20/c1-12-31(10)48(79-53(92)36(15-17-40(62)82)74-55(94)45(63)28(4)5)59(98)75-37(20-27(2)3)50(89)68-24-42(84)72-38(22-44(87)88)54(93)73-34(14-13-19-67-61(64)65)51(90)80-49(32(11)81)56(95)69-25-41(83)71-35(16-18-43(85)86)52(91)77-47(30(8)9)58(97)78-46(29(6)7)57(96)76-39(60(99)100)21-33-23-66-26-70-33/h23,26-32,34-39,45-49,81H,12-22,24-25,63H2,1-11H3,(H2,62,82)(H,66,70)(H,68,89)(H,69,95)(H,71,83)(H,72,84)(H,73,93)(H,74,94)(H,75,98)(H,76,96)(H,77,91)(H,78,97)(H,79,92)(H,80,90)(H,85,86)(H,87,88)(H,99,100)(H4,64,65,67)/t31-,32+,34-,35-,36-,37-,38-,39-,45-,46-,47-,48-,49-/m0/s1. The van der Waals surface area contributed by atoms with Crippen LogP contribution in [0, 0.1) is 29.6 Å². The maximum atomic E-state index is 14.0. The van der Waals surface area contributed by atoms with Gasteiger partial charge in [0.15, 0.2) is 5.96 Å². The minimum absolute atomic E-state index is 0.0299. The van der Waals surface area contributed by atoms with Crippen molar-refractivity contribution in [1.29, 1.82) is 0 Å². The van der Waals surface area contributed by atoms with Gasteiger partial charge >= 0.3 is 17.9 Å². The summed E-state index contributed by atoms with van der Waals surface area (Å²) in [5.74, 6) is -20.3. The Balaban J connectivity index is 3.36. The van der Waals surface area contributed by atoms with Crippen molar-refractivity contribution in [3.8, 4) is 0 Å². The van der Waals surface area contributed by atoms with Crippen LogP contribution in [0.3, 0.4) is 0 Å². The molecule has 25 N–H and O–H groups in total. The summed E-state index contributed by atoms with van der Waals surface area (Å²) in [6.45, 7) is 15.3. The number of aromatic nitrogens is 2. The number of amides is 13. The summed E-state index contributed by atoms with van der Waals surface area (Å²) in [5, 5.41) is 68.4. The first-order chi connectivity index (χ1) is 46.6. The normalized spacial score (nSPS) is 15.1. The summed E-state index contributed by atoms with van der Waals surface area (Å²) in [4.78, 5) is 222. The van der Waals surface area contributed by atoms with Gasteiger partial charge in [-0.25, -0.2) is 9.78 Å². The fourth-order valence-electron chi connectivity index (χ4n) is 9.37. The van der Waals surface area contributed by atoms with E-state index >= 15 is 0 Å². The maximum Gasteiger partial charge on any atom is 0.326 e. The molecule has 0 unspecified atom stereocenters. The molecule has 39 nitrogen and oxygen atoms in total. The smallest absolute Gasteiger partial charge is 0.326 e. The van der Waals surface area contributed by atoms with E-state index in [-0.39, 0.29) is 62.9 Å². The second-order valence-electron chi connectivity index (χ2n) is 25.5. The lowest BCUT2D eigenvalue weighted by atomic mass is 9.96. The number of aliphatic imine (C=N–C) groups is 1. The van der Waals surface area contributed by atoms with Crippen molar-refractivity contribution in [2.75, 3.05) is 19.6 Å². The number of aromatic amines is 1. The first kappa shape index (κ1) is 87.9. The molecule has 0 saturated carbocycles. The highest BCUT2D eigenvalue weighted by Gasteiger charge is 2.38. The zero-order valence-corrected chi connectivity index (χ0v) is 58.2. The highest BCUT2D eigenvalue weighted by molar-refractivity contribution is 6.00. The van der Waals surface area contributed by atoms with Gasteiger partial charge in [-0.15, -0.1) is 0 Å². The summed E-state index contributed by atoms with van der Waals surface area (Å²) in [5.41, 5.74) is 22.6. The SMILES string of the molecule is CC[C@H](C)[C@H](NC(=O)[C@H](CCC(N)=O)NC(=O)[C@@H](N)C(C)C)C(=O)N[C@@H](CC(C)C)C(=O)NCC(=O)N[C@@H](CC(=O)O)C(=O)N[C@@H](CCCN=C(N)N)C(=O)N[C@H](C(=O)NCC(=O)N[C@@H](CCC(=O)O)C(=O)N[C@H](C(=O)N[C@H](C(=O)N[C@@H](Cc1cnc[nH]1)C(=O)O)C(C)C)C(C)C)[C@@H](C)O. The van der Waals surface area contributed by atoms with Crippen LogP contribution in [0.15, 0.2) is 17.5 Å². The Morgan fingerprint density at radius 1 is 0.500 bits per heavy atom. The van der Waals surface area contributed by atoms with Gasteiger partial charge in [-0.1, -0.05) is 75.7 Å². The molecule has 0 aliphatic heterocycles. The number of carboxylic acids is 3. The van der Waals surface area contributed by atoms with Gasteiger partial charge < -0.3 is 112 Å². The van der Waals surface area contributed by atoms with Crippen molar-refractivity contribution < 1.29 is 97.1 Å². The summed E-state index contributed by atoms with van der Waals surface area (Å²) in [6.07, 6.45) is -2.37. The molecular weight excluding hydrogens is 1320 g/mol. The van der Waals surface area contributed by atoms with E-state index < -0.39 is 217 Å². The molecule has 13 amide bonds. The monoisotopic (exact) mass is 1420 g/mol. The van der Waals surface area contributed by atoms with Gasteiger partial charge in [0.25, 0.3) is 0 Å². The van der Waals surface area contributed by atoms with Crippen LogP contribution in [-0.2, 0) is 83.1 Å². The molecule has 1 heterocycles. The number of imidazole rings is 1. The largest absolute Gasteiger partial charge is 0.481 e. The van der Waals surface area contributed by atoms with E-state index in [0.29, 0.717) is 12.1 Å². The number of H-pyrrole nitrogens is 1. The lowest BCUT2D eigenvalue weighted by Crippen LogP contribution is -2.61. The average Bonchev–Trinajstić information content (AvgIpc) is 0.869. The second-order valence-corrected chi connectivity index (χ2v) is 25.5. The van der Waals surface area contributed by atoms with Crippen LogP contribution < -0.4 is 86.7 Å². The van der Waals surface area contributed by atoms with E-state index in [9.17, 15) is 97.1 Å². The lowest BCUT2D eigenvalue weighted by Gasteiger charge is -2.29. The third-order valence-corrected chi connectivity index (χ3v) is 15.4. The van der Waals surface area contributed by atoms with Crippen molar-refractivity contribution >= 4 is 101 Å². The van der Waals surface area contributed by atoms with Crippen molar-refractivity contribution in [1.82, 2.24) is 73.8 Å². The Hall–Kier alpha value is -10.1. The zero-order valence-electron chi connectivity index (χ0n) is 58.2. The summed E-state index contributed by atoms with van der Waals surface area (Å²) in [7, 11) is 0. The van der Waals surface area contributed by atoms with Gasteiger partial charge in [0.2, 0.25) is 76.8 Å². The molecule has 1 aromatic rings. The number of carbonyl (C=O) groups is 16. The Morgan fingerprint density at radius 2 is 0.950 bits per heavy atom. The fourth-order valence-corrected chi connectivity index (χ4v) is 9.37. The Kier molecular flexibility index (Phi) is 38.7. The number of aliphatic hydroxyl groups excluding tert-OH is 1. The van der Waals surface area contributed by atoms with E-state index in [2.05, 4.69) is 78.8 Å². The Bertz CT molecular complexity index is 3010. The first-order valence-electron chi connectivity index (χ1n) is 32.6. The van der Waals surface area contributed by atoms with Crippen LogP contribution >= 0.6 is 0 Å². The maximum absolute atomic E-state index is 14.0. The van der Waals surface area contributed by atoms with Crippen LogP contribution in [0.25, 0.3) is 0 Å². The average molecular weight is 1420 g/mol. The molecule has 0 radical (unpaired) electrons. The van der Waals surface area contributed by atoms with Gasteiger partial charge in [0.1, 0.15) is 60.4 Å². The van der Waals surface area contributed by atoms with Gasteiger partial charge in [0.05, 0.1) is 38.0 Å². The van der Waals surface area contributed by atoms with Crippen LogP contribution in [0.5, 0.6) is 0 Å². The van der Waals surface area contributed by atoms with Crippen molar-refractivity contribution in [3.63, 3.8) is 0 Å². The number of aliphatic carboxylic acids is 3. The van der Waals surface area contributed by atoms with Crippen molar-refractivity contribution in [2.24, 2.45) is 57.5 Å². The van der Waals surface area contributed by atoms with Crippen LogP contribution in [0.2, 0.25) is 0 Å². The Labute approximate surface area is 578 Å². The number of carboxylic acid groups (broad SMARTS) is 3. The molecule has 562 valence electrons. The molecule has 1 aromatic heterocycles. The number of primary amides is 1. The molecule has 100 heavy (non-hydrogen) atoms. The number of hydrogen-bond acceptors (Lipinski definition) is 20. The number of carbonyl (C=O) groups excluding carboxylic acids is 13. The highest BCUT2D eigenvalue weighted by Crippen LogP contribution is 2.15. The predicted molar refractivity (Wildman–Crippen MR) is 356 cm³/mol. The minimum Gasteiger partial charge on any atom is -0.481 e. The van der Waals surface area contributed by atoms with E-state index in [1.165, 1.54) is 26.4 Å². The van der Waals surface area contributed by atoms with Gasteiger partial charge in [-0.2, -0.15) is 0 Å². The third-order valence-electron chi connectivity index (χ3n) is 15.4. The summed E-state index contributed by atoms with van der Waals surface area (Å²) < 4.78 is 0. The predicted octanol–water partition coefficient (Wildman–Crippen LogP) is -6.46. The van der Waals surface area contributed by atoms with E-state index in [1.54, 1.807) is 55.4 Å². The molecular formula is C61H103N19O20. The van der Waals surface area contributed by atoms with Gasteiger partial charge in [-0.3, -0.25) is 76.9 Å². The number of hydrogen-bond donors (Lipinski definition) is 21. The summed E-state index contributed by atoms with van der Waals surface area (Å²) in [6, 6.07) is -16.6. The molecule has 0 bridgehead atoms. The lowest BCUT2D eigenvalue weighted by molar-refractivity contribution is -0.143. The zero-order chi connectivity index (χ0) is 76.4. The third kappa shape index (κ3) is 33.0. The number of guanidine groups is 1. The van der Waals surface area contributed by atoms with Crippen LogP contribution in [-0.4, -0.2) is 223 Å². The fraction of sp³-hybridized carbons (Fsp3) is 0.672. The number of aliphatic hydroxyl groups is 1. The first-order valence-corrected chi connectivity index (χ1v) is 32.6. The molecule has 0 aliphatic carbocycles. The topological polar surface area (TPSA) is 644 Å². The van der Waals surface area contributed by atoms with Crippen molar-refractivity contribution in [2.45, 2.75) is 213 Å². The van der Waals surface area contributed by atoms with E-state index in [4.69, 9.17) is 22.9 Å². The number of nitrogens with two attached hydrogens (primary N) is 4. The van der Waals surface area contributed by atoms with E-state index in [1.807, 2.05) is 0 Å². The van der Waals surface area contributed by atoms with Gasteiger partial charge in [-0.05, 0) is 68.6 Å². The number of nitrogens with one attached hydrogen (secondary N) is 13. The molecule has 0 fully saturated rings. The minimum atomic E-state index is -1.97. The molecule has 0 spiro atoms. The second kappa shape index (κ2) is 44.0. The Morgan fingerprint density at radius 3 is 1.42 bits per heavy atom. The molecule has 1 rings (SSSR count). The van der Waals surface area contributed by atoms with Gasteiger partial charge in [0, 0.05) is 37.7 Å².